The fourth-order valence-corrected chi connectivity index (χ4v) is 0.965. The molecule has 0 radical (unpaired) electrons. The summed E-state index contributed by atoms with van der Waals surface area (Å²) in [5.41, 5.74) is 0. The van der Waals surface area contributed by atoms with E-state index in [2.05, 4.69) is 0 Å². The summed E-state index contributed by atoms with van der Waals surface area (Å²) < 4.78 is 10.5. The molecule has 1 rings (SSSR count). The summed E-state index contributed by atoms with van der Waals surface area (Å²) >= 11 is 5.53. The molecule has 3 heteroatoms. The highest BCUT2D eigenvalue weighted by molar-refractivity contribution is 6.18. The first-order chi connectivity index (χ1) is 4.36. The van der Waals surface area contributed by atoms with Gasteiger partial charge in [-0.3, -0.25) is 0 Å². The molecule has 0 saturated carbocycles. The Kier molecular flexibility index (Phi) is 2.76. The Morgan fingerprint density at radius 1 is 1.67 bits per heavy atom. The van der Waals surface area contributed by atoms with Crippen LogP contribution in [0, 0.1) is 0 Å². The van der Waals surface area contributed by atoms with Crippen LogP contribution < -0.4 is 0 Å². The predicted octanol–water partition coefficient (Wildman–Crippen LogP) is 1.38. The van der Waals surface area contributed by atoms with Crippen molar-refractivity contribution in [3.63, 3.8) is 0 Å². The molecule has 9 heavy (non-hydrogen) atoms. The summed E-state index contributed by atoms with van der Waals surface area (Å²) in [5.74, 6) is 0.538. The first kappa shape index (κ1) is 7.32. The fraction of sp³-hybridized carbons (Fsp3) is 1.00. The lowest BCUT2D eigenvalue weighted by molar-refractivity contribution is -0.0552. The number of hydrogen-bond donors (Lipinski definition) is 0. The summed E-state index contributed by atoms with van der Waals surface area (Å²) in [6, 6.07) is 0. The van der Waals surface area contributed by atoms with E-state index in [0.717, 1.165) is 6.42 Å². The molecule has 0 aromatic carbocycles. The van der Waals surface area contributed by atoms with Crippen LogP contribution in [0.15, 0.2) is 0 Å². The minimum atomic E-state index is -0.00579. The van der Waals surface area contributed by atoms with Crippen molar-refractivity contribution in [3.8, 4) is 0 Å². The average molecular weight is 151 g/mol. The maximum absolute atomic E-state index is 5.53. The Labute approximate surface area is 60.1 Å². The van der Waals surface area contributed by atoms with Crippen LogP contribution in [0.5, 0.6) is 0 Å². The number of hydrogen-bond acceptors (Lipinski definition) is 2. The summed E-state index contributed by atoms with van der Waals surface area (Å²) in [7, 11) is 0. The molecule has 2 atom stereocenters. The third-order valence-electron chi connectivity index (χ3n) is 1.32. The minimum Gasteiger partial charge on any atom is -0.350 e. The van der Waals surface area contributed by atoms with Gasteiger partial charge < -0.3 is 9.47 Å². The lowest BCUT2D eigenvalue weighted by Gasteiger charge is -2.05. The van der Waals surface area contributed by atoms with E-state index in [1.807, 2.05) is 6.92 Å². The van der Waals surface area contributed by atoms with Crippen LogP contribution in [0.4, 0.5) is 0 Å². The van der Waals surface area contributed by atoms with Crippen molar-refractivity contribution in [2.45, 2.75) is 25.7 Å². The van der Waals surface area contributed by atoms with Crippen molar-refractivity contribution >= 4 is 11.6 Å². The molecular weight excluding hydrogens is 140 g/mol. The van der Waals surface area contributed by atoms with Crippen LogP contribution in [0.2, 0.25) is 0 Å². The van der Waals surface area contributed by atoms with Crippen molar-refractivity contribution in [2.24, 2.45) is 0 Å². The van der Waals surface area contributed by atoms with Crippen LogP contribution in [-0.4, -0.2) is 24.9 Å². The van der Waals surface area contributed by atoms with E-state index in [-0.39, 0.29) is 12.4 Å². The van der Waals surface area contributed by atoms with E-state index in [9.17, 15) is 0 Å². The zero-order chi connectivity index (χ0) is 6.69. The minimum absolute atomic E-state index is 0.00579. The van der Waals surface area contributed by atoms with Crippen LogP contribution in [-0.2, 0) is 9.47 Å². The first-order valence-corrected chi connectivity index (χ1v) is 3.73. The Morgan fingerprint density at radius 3 is 2.78 bits per heavy atom. The maximum Gasteiger partial charge on any atom is 0.157 e. The molecule has 1 aliphatic rings. The normalized spacial score (nSPS) is 35.3. The van der Waals surface area contributed by atoms with E-state index >= 15 is 0 Å². The molecule has 0 spiro atoms. The molecule has 0 N–H and O–H groups in total. The smallest absolute Gasteiger partial charge is 0.157 e. The molecule has 1 aliphatic heterocycles. The van der Waals surface area contributed by atoms with Crippen LogP contribution in [0.25, 0.3) is 0 Å². The molecule has 0 aromatic heterocycles. The zero-order valence-corrected chi connectivity index (χ0v) is 6.23. The van der Waals surface area contributed by atoms with Crippen molar-refractivity contribution < 1.29 is 9.47 Å². The van der Waals surface area contributed by atoms with Gasteiger partial charge in [-0.05, 0) is 6.42 Å². The van der Waals surface area contributed by atoms with Gasteiger partial charge in [0.25, 0.3) is 0 Å². The standard InChI is InChI=1S/C6H11ClO2/c1-2-6-8-4-5(3-7)9-6/h5-6H,2-4H2,1H3/t5-,6+/m1/s1. The lowest BCUT2D eigenvalue weighted by Crippen LogP contribution is -2.12. The molecule has 2 nitrogen and oxygen atoms in total. The van der Waals surface area contributed by atoms with Crippen molar-refractivity contribution in [1.82, 2.24) is 0 Å². The molecule has 54 valence electrons. The van der Waals surface area contributed by atoms with E-state index in [0.29, 0.717) is 12.5 Å². The first-order valence-electron chi connectivity index (χ1n) is 3.19. The van der Waals surface area contributed by atoms with Gasteiger partial charge in [0.15, 0.2) is 6.29 Å². The fourth-order valence-electron chi connectivity index (χ4n) is 0.803. The topological polar surface area (TPSA) is 18.5 Å². The van der Waals surface area contributed by atoms with Crippen molar-refractivity contribution in [1.29, 1.82) is 0 Å². The van der Waals surface area contributed by atoms with Gasteiger partial charge in [0.05, 0.1) is 18.6 Å². The van der Waals surface area contributed by atoms with E-state index in [4.69, 9.17) is 21.1 Å². The van der Waals surface area contributed by atoms with Gasteiger partial charge in [0, 0.05) is 0 Å². The molecule has 0 aliphatic carbocycles. The molecular formula is C6H11ClO2. The summed E-state index contributed by atoms with van der Waals surface area (Å²) in [4.78, 5) is 0. The third kappa shape index (κ3) is 1.81. The van der Waals surface area contributed by atoms with Crippen LogP contribution in [0.3, 0.4) is 0 Å². The average Bonchev–Trinajstić information content (AvgIpc) is 2.34. The Hall–Kier alpha value is 0.210. The summed E-state index contributed by atoms with van der Waals surface area (Å²) in [6.07, 6.45) is 1.03. The van der Waals surface area contributed by atoms with Gasteiger partial charge in [-0.1, -0.05) is 6.92 Å². The molecule has 0 unspecified atom stereocenters. The quantitative estimate of drug-likeness (QED) is 0.554. The second kappa shape index (κ2) is 3.40. The highest BCUT2D eigenvalue weighted by atomic mass is 35.5. The Balaban J connectivity index is 2.20. The summed E-state index contributed by atoms with van der Waals surface area (Å²) in [6.45, 7) is 2.68. The van der Waals surface area contributed by atoms with Gasteiger partial charge in [0.1, 0.15) is 0 Å². The second-order valence-corrected chi connectivity index (χ2v) is 2.39. The van der Waals surface area contributed by atoms with Gasteiger partial charge in [0.2, 0.25) is 0 Å². The maximum atomic E-state index is 5.53. The van der Waals surface area contributed by atoms with Crippen LogP contribution >= 0.6 is 11.6 Å². The monoisotopic (exact) mass is 150 g/mol. The highest BCUT2D eigenvalue weighted by Gasteiger charge is 2.22. The van der Waals surface area contributed by atoms with Crippen molar-refractivity contribution in [2.75, 3.05) is 12.5 Å². The lowest BCUT2D eigenvalue weighted by atomic mass is 10.4. The molecule has 0 bridgehead atoms. The van der Waals surface area contributed by atoms with E-state index < -0.39 is 0 Å². The van der Waals surface area contributed by atoms with E-state index in [1.165, 1.54) is 0 Å². The van der Waals surface area contributed by atoms with Gasteiger partial charge in [-0.2, -0.15) is 0 Å². The Morgan fingerprint density at radius 2 is 2.44 bits per heavy atom. The molecule has 0 aromatic rings. The number of rotatable bonds is 2. The number of alkyl halides is 1. The molecule has 1 heterocycles. The highest BCUT2D eigenvalue weighted by Crippen LogP contribution is 2.14. The van der Waals surface area contributed by atoms with Gasteiger partial charge in [-0.15, -0.1) is 11.6 Å². The molecule has 1 saturated heterocycles. The summed E-state index contributed by atoms with van der Waals surface area (Å²) in [5, 5.41) is 0. The molecule has 1 fully saturated rings. The Bertz CT molecular complexity index is 77.1. The number of halogens is 1. The van der Waals surface area contributed by atoms with Gasteiger partial charge >= 0.3 is 0 Å². The van der Waals surface area contributed by atoms with Crippen LogP contribution in [0.1, 0.15) is 13.3 Å². The van der Waals surface area contributed by atoms with Crippen molar-refractivity contribution in [3.05, 3.63) is 0 Å². The number of ether oxygens (including phenoxy) is 2. The largest absolute Gasteiger partial charge is 0.350 e. The van der Waals surface area contributed by atoms with E-state index in [1.54, 1.807) is 0 Å². The predicted molar refractivity (Wildman–Crippen MR) is 35.6 cm³/mol. The van der Waals surface area contributed by atoms with Gasteiger partial charge in [-0.25, -0.2) is 0 Å². The molecule has 0 amide bonds. The zero-order valence-electron chi connectivity index (χ0n) is 5.47. The third-order valence-corrected chi connectivity index (χ3v) is 1.66. The second-order valence-electron chi connectivity index (χ2n) is 2.08. The SMILES string of the molecule is CC[C@H]1OC[C@@H](CCl)O1.